The average molecular weight is 272 g/mol. The van der Waals surface area contributed by atoms with Crippen LogP contribution in [-0.2, 0) is 14.4 Å². The molecule has 2 amide bonds. The summed E-state index contributed by atoms with van der Waals surface area (Å²) in [6, 6.07) is 0.242. The zero-order valence-corrected chi connectivity index (χ0v) is 12.0. The van der Waals surface area contributed by atoms with Gasteiger partial charge < -0.3 is 10.1 Å². The molecule has 1 rings (SSSR count). The van der Waals surface area contributed by atoms with Gasteiger partial charge in [0, 0.05) is 6.04 Å². The zero-order valence-electron chi connectivity index (χ0n) is 12.0. The second-order valence-electron chi connectivity index (χ2n) is 5.80. The van der Waals surface area contributed by atoms with Crippen molar-refractivity contribution in [3.05, 3.63) is 0 Å². The highest BCUT2D eigenvalue weighted by Crippen LogP contribution is 2.17. The second-order valence-corrected chi connectivity index (χ2v) is 5.80. The predicted octanol–water partition coefficient (Wildman–Crippen LogP) is 1.89. The van der Waals surface area contributed by atoms with Gasteiger partial charge in [-0.2, -0.15) is 5.48 Å². The lowest BCUT2D eigenvalue weighted by Crippen LogP contribution is -2.40. The maximum atomic E-state index is 11.5. The van der Waals surface area contributed by atoms with Crippen molar-refractivity contribution < 1.29 is 19.2 Å². The van der Waals surface area contributed by atoms with Crippen molar-refractivity contribution in [2.24, 2.45) is 0 Å². The van der Waals surface area contributed by atoms with E-state index in [0.717, 1.165) is 25.7 Å². The summed E-state index contributed by atoms with van der Waals surface area (Å²) in [6.45, 7) is 5.06. The van der Waals surface area contributed by atoms with Gasteiger partial charge in [0.05, 0.1) is 0 Å². The van der Waals surface area contributed by atoms with Gasteiger partial charge in [0.2, 0.25) is 5.91 Å². The summed E-state index contributed by atoms with van der Waals surface area (Å²) < 4.78 is 4.96. The number of hydroxylamine groups is 1. The van der Waals surface area contributed by atoms with E-state index in [0.29, 0.717) is 0 Å². The van der Waals surface area contributed by atoms with Crippen LogP contribution in [0.5, 0.6) is 0 Å². The SMILES string of the molecule is CC(C)(C)OC(=O)NOCC(=O)NC1CCCCC1. The Hall–Kier alpha value is -1.30. The fourth-order valence-corrected chi connectivity index (χ4v) is 1.98. The highest BCUT2D eigenvalue weighted by Gasteiger charge is 2.18. The van der Waals surface area contributed by atoms with E-state index in [1.807, 2.05) is 0 Å². The van der Waals surface area contributed by atoms with Crippen molar-refractivity contribution in [1.82, 2.24) is 10.8 Å². The lowest BCUT2D eigenvalue weighted by atomic mass is 9.95. The molecule has 0 spiro atoms. The molecule has 0 atom stereocenters. The standard InChI is InChI=1S/C13H24N2O4/c1-13(2,3)19-12(17)15-18-9-11(16)14-10-7-5-4-6-8-10/h10H,4-9H2,1-3H3,(H,14,16)(H,15,17). The molecule has 0 aromatic carbocycles. The number of amides is 2. The Bertz CT molecular complexity index is 306. The fourth-order valence-electron chi connectivity index (χ4n) is 1.98. The van der Waals surface area contributed by atoms with Gasteiger partial charge in [-0.3, -0.25) is 9.63 Å². The van der Waals surface area contributed by atoms with Crippen molar-refractivity contribution in [2.75, 3.05) is 6.61 Å². The van der Waals surface area contributed by atoms with Crippen LogP contribution in [0.3, 0.4) is 0 Å². The van der Waals surface area contributed by atoms with E-state index in [1.54, 1.807) is 20.8 Å². The number of carbonyl (C=O) groups excluding carboxylic acids is 2. The molecule has 1 aliphatic rings. The molecule has 0 aromatic heterocycles. The first-order valence-corrected chi connectivity index (χ1v) is 6.77. The predicted molar refractivity (Wildman–Crippen MR) is 70.3 cm³/mol. The maximum absolute atomic E-state index is 11.5. The Morgan fingerprint density at radius 1 is 1.16 bits per heavy atom. The molecule has 1 aliphatic carbocycles. The fraction of sp³-hybridized carbons (Fsp3) is 0.846. The molecule has 6 heteroatoms. The van der Waals surface area contributed by atoms with Crippen molar-refractivity contribution in [1.29, 1.82) is 0 Å². The minimum absolute atomic E-state index is 0.199. The molecule has 19 heavy (non-hydrogen) atoms. The van der Waals surface area contributed by atoms with E-state index in [1.165, 1.54) is 6.42 Å². The summed E-state index contributed by atoms with van der Waals surface area (Å²) in [5.74, 6) is -0.219. The Kier molecular flexibility index (Phi) is 6.08. The zero-order chi connectivity index (χ0) is 14.3. The van der Waals surface area contributed by atoms with Gasteiger partial charge in [-0.25, -0.2) is 4.79 Å². The van der Waals surface area contributed by atoms with Crippen LogP contribution in [0, 0.1) is 0 Å². The van der Waals surface area contributed by atoms with Crippen LogP contribution >= 0.6 is 0 Å². The maximum Gasteiger partial charge on any atom is 0.431 e. The minimum atomic E-state index is -0.696. The Morgan fingerprint density at radius 2 is 1.79 bits per heavy atom. The molecule has 0 unspecified atom stereocenters. The molecule has 2 N–H and O–H groups in total. The molecule has 0 heterocycles. The first kappa shape index (κ1) is 15.8. The molecule has 1 saturated carbocycles. The highest BCUT2D eigenvalue weighted by atomic mass is 16.7. The average Bonchev–Trinajstić information content (AvgIpc) is 2.27. The van der Waals surface area contributed by atoms with Crippen LogP contribution in [0.4, 0.5) is 4.79 Å². The third-order valence-electron chi connectivity index (χ3n) is 2.73. The Labute approximate surface area is 114 Å². The van der Waals surface area contributed by atoms with Crippen molar-refractivity contribution in [3.8, 4) is 0 Å². The van der Waals surface area contributed by atoms with Gasteiger partial charge in [0.25, 0.3) is 0 Å². The lowest BCUT2D eigenvalue weighted by molar-refractivity contribution is -0.129. The molecular formula is C13H24N2O4. The van der Waals surface area contributed by atoms with E-state index >= 15 is 0 Å². The second kappa shape index (κ2) is 7.33. The van der Waals surface area contributed by atoms with Crippen molar-refractivity contribution in [3.63, 3.8) is 0 Å². The van der Waals surface area contributed by atoms with Gasteiger partial charge in [0.15, 0.2) is 6.61 Å². The lowest BCUT2D eigenvalue weighted by Gasteiger charge is -2.22. The van der Waals surface area contributed by atoms with Crippen LogP contribution in [0.25, 0.3) is 0 Å². The molecule has 0 saturated heterocycles. The summed E-state index contributed by atoms with van der Waals surface area (Å²) in [5, 5.41) is 2.88. The first-order valence-electron chi connectivity index (χ1n) is 6.77. The van der Waals surface area contributed by atoms with E-state index in [-0.39, 0.29) is 18.6 Å². The third kappa shape index (κ3) is 7.66. The minimum Gasteiger partial charge on any atom is -0.442 e. The van der Waals surface area contributed by atoms with Crippen LogP contribution in [0.1, 0.15) is 52.9 Å². The summed E-state index contributed by atoms with van der Waals surface area (Å²) >= 11 is 0. The quantitative estimate of drug-likeness (QED) is 0.766. The van der Waals surface area contributed by atoms with Crippen molar-refractivity contribution in [2.45, 2.75) is 64.5 Å². The van der Waals surface area contributed by atoms with E-state index in [2.05, 4.69) is 10.8 Å². The van der Waals surface area contributed by atoms with Crippen LogP contribution < -0.4 is 10.8 Å². The van der Waals surface area contributed by atoms with Gasteiger partial charge in [-0.15, -0.1) is 0 Å². The highest BCUT2D eigenvalue weighted by molar-refractivity contribution is 5.77. The van der Waals surface area contributed by atoms with Crippen LogP contribution in [0.2, 0.25) is 0 Å². The summed E-state index contributed by atoms with van der Waals surface area (Å²) in [4.78, 5) is 27.6. The Balaban J connectivity index is 2.11. The van der Waals surface area contributed by atoms with E-state index in [4.69, 9.17) is 9.57 Å². The summed E-state index contributed by atoms with van der Waals surface area (Å²) in [6.07, 6.45) is 4.89. The Morgan fingerprint density at radius 3 is 2.37 bits per heavy atom. The number of hydrogen-bond acceptors (Lipinski definition) is 4. The molecule has 6 nitrogen and oxygen atoms in total. The molecule has 0 bridgehead atoms. The number of hydrogen-bond donors (Lipinski definition) is 2. The topological polar surface area (TPSA) is 76.7 Å². The van der Waals surface area contributed by atoms with Gasteiger partial charge in [0.1, 0.15) is 5.60 Å². The van der Waals surface area contributed by atoms with Crippen LogP contribution in [-0.4, -0.2) is 30.3 Å². The first-order chi connectivity index (χ1) is 8.87. The molecule has 0 aliphatic heterocycles. The molecule has 0 aromatic rings. The smallest absolute Gasteiger partial charge is 0.431 e. The summed E-state index contributed by atoms with van der Waals surface area (Å²) in [5.41, 5.74) is 1.50. The molecule has 0 radical (unpaired) electrons. The normalized spacial score (nSPS) is 16.8. The van der Waals surface area contributed by atoms with Crippen molar-refractivity contribution >= 4 is 12.0 Å². The van der Waals surface area contributed by atoms with E-state index < -0.39 is 11.7 Å². The van der Waals surface area contributed by atoms with Gasteiger partial charge >= 0.3 is 6.09 Å². The number of carbonyl (C=O) groups is 2. The summed E-state index contributed by atoms with van der Waals surface area (Å²) in [7, 11) is 0. The van der Waals surface area contributed by atoms with E-state index in [9.17, 15) is 9.59 Å². The molecule has 110 valence electrons. The van der Waals surface area contributed by atoms with Gasteiger partial charge in [-0.05, 0) is 33.6 Å². The van der Waals surface area contributed by atoms with Gasteiger partial charge in [-0.1, -0.05) is 19.3 Å². The number of ether oxygens (including phenoxy) is 1. The molecular weight excluding hydrogens is 248 g/mol. The number of nitrogens with one attached hydrogen (secondary N) is 2. The third-order valence-corrected chi connectivity index (χ3v) is 2.73. The monoisotopic (exact) mass is 272 g/mol. The number of rotatable bonds is 4. The van der Waals surface area contributed by atoms with Crippen LogP contribution in [0.15, 0.2) is 0 Å². The largest absolute Gasteiger partial charge is 0.442 e. The molecule has 1 fully saturated rings.